The first-order valence-electron chi connectivity index (χ1n) is 13.6. The van der Waals surface area contributed by atoms with Crippen molar-refractivity contribution in [3.8, 4) is 0 Å². The Balaban J connectivity index is 1.18. The second-order valence-electron chi connectivity index (χ2n) is 11.5. The molecule has 2 saturated carbocycles. The number of carbonyl (C=O) groups excluding carboxylic acids is 1. The number of aromatic nitrogens is 3. The van der Waals surface area contributed by atoms with Crippen LogP contribution in [-0.2, 0) is 31.1 Å². The fourth-order valence-electron chi connectivity index (χ4n) is 6.71. The monoisotopic (exact) mass is 537 g/mol. The lowest BCUT2D eigenvalue weighted by Crippen LogP contribution is -2.35. The molecule has 1 saturated heterocycles. The molecule has 2 aliphatic carbocycles. The molecule has 3 heterocycles. The number of ether oxygens (including phenoxy) is 1. The maximum absolute atomic E-state index is 14.2. The van der Waals surface area contributed by atoms with Gasteiger partial charge in [0, 0.05) is 36.8 Å². The second-order valence-corrected chi connectivity index (χ2v) is 11.5. The van der Waals surface area contributed by atoms with E-state index in [-0.39, 0.29) is 29.5 Å². The summed E-state index contributed by atoms with van der Waals surface area (Å²) in [4.78, 5) is 15.0. The van der Waals surface area contributed by atoms with Crippen LogP contribution in [0.4, 0.5) is 18.9 Å². The fourth-order valence-corrected chi connectivity index (χ4v) is 6.71. The highest BCUT2D eigenvalue weighted by molar-refractivity contribution is 6.10. The zero-order valence-electron chi connectivity index (χ0n) is 21.6. The van der Waals surface area contributed by atoms with Gasteiger partial charge in [-0.2, -0.15) is 13.2 Å². The molecular formula is C29H30F3N5O2. The van der Waals surface area contributed by atoms with Gasteiger partial charge in [-0.05, 0) is 72.1 Å². The van der Waals surface area contributed by atoms with E-state index >= 15 is 0 Å². The first-order valence-corrected chi connectivity index (χ1v) is 13.6. The third-order valence-electron chi connectivity index (χ3n) is 8.95. The summed E-state index contributed by atoms with van der Waals surface area (Å²) in [6.07, 6.45) is 0.565. The molecule has 4 aliphatic rings. The molecule has 1 N–H and O–H groups in total. The molecule has 7 rings (SSSR count). The number of hydrogen-bond donors (Lipinski definition) is 1. The number of benzene rings is 2. The standard InChI is InChI=1S/C29H30F3N5O2/c1-36-15-34-35-27(36)26(20-13-39-14-20)17-3-2-4-22(10-17)37-12-24-23(28(37)38)5-16(6-25(24)29(30,31)32)11-33-21-8-18-7-19(18)9-21/h2-6,10,15,18-21,26,33H,7-9,11-14H2,1H3/t18-,19?,21+,26-/m0/s1. The summed E-state index contributed by atoms with van der Waals surface area (Å²) in [5, 5.41) is 11.8. The summed E-state index contributed by atoms with van der Waals surface area (Å²) in [7, 11) is 1.88. The Bertz CT molecular complexity index is 1420. The van der Waals surface area contributed by atoms with E-state index < -0.39 is 17.6 Å². The van der Waals surface area contributed by atoms with E-state index in [0.717, 1.165) is 36.1 Å². The number of nitrogens with one attached hydrogen (secondary N) is 1. The number of rotatable bonds is 7. The Morgan fingerprint density at radius 1 is 1.13 bits per heavy atom. The van der Waals surface area contributed by atoms with Gasteiger partial charge in [0.15, 0.2) is 0 Å². The Labute approximate surface area is 224 Å². The van der Waals surface area contributed by atoms with Gasteiger partial charge in [-0.15, -0.1) is 10.2 Å². The minimum Gasteiger partial charge on any atom is -0.381 e. The van der Waals surface area contributed by atoms with Gasteiger partial charge in [0.05, 0.1) is 31.2 Å². The molecule has 39 heavy (non-hydrogen) atoms. The Morgan fingerprint density at radius 2 is 1.92 bits per heavy atom. The average molecular weight is 538 g/mol. The van der Waals surface area contributed by atoms with Gasteiger partial charge in [-0.25, -0.2) is 0 Å². The van der Waals surface area contributed by atoms with Crippen LogP contribution in [0.15, 0.2) is 42.7 Å². The molecule has 7 nitrogen and oxygen atoms in total. The van der Waals surface area contributed by atoms with Gasteiger partial charge in [0.25, 0.3) is 5.91 Å². The SMILES string of the molecule is Cn1cnnc1[C@@H](c1cccc(N2Cc3c(cc(CN[C@H]4CC5C[C@H]5C4)cc3C(F)(F)F)C2=O)c1)C1COC1. The molecule has 3 aromatic rings. The zero-order valence-corrected chi connectivity index (χ0v) is 21.6. The van der Waals surface area contributed by atoms with E-state index in [0.29, 0.717) is 37.1 Å². The number of carbonyl (C=O) groups is 1. The number of amides is 1. The van der Waals surface area contributed by atoms with Crippen molar-refractivity contribution in [2.24, 2.45) is 24.8 Å². The normalized spacial score (nSPS) is 25.0. The van der Waals surface area contributed by atoms with Crippen LogP contribution < -0.4 is 10.2 Å². The lowest BCUT2D eigenvalue weighted by atomic mass is 9.83. The first-order chi connectivity index (χ1) is 18.8. The van der Waals surface area contributed by atoms with Crippen LogP contribution in [0.3, 0.4) is 0 Å². The minimum atomic E-state index is -4.55. The number of alkyl halides is 3. The van der Waals surface area contributed by atoms with E-state index in [1.54, 1.807) is 18.5 Å². The third-order valence-corrected chi connectivity index (χ3v) is 8.95. The Hall–Kier alpha value is -3.24. The van der Waals surface area contributed by atoms with Crippen molar-refractivity contribution in [2.75, 3.05) is 18.1 Å². The highest BCUT2D eigenvalue weighted by Crippen LogP contribution is 2.51. The highest BCUT2D eigenvalue weighted by atomic mass is 19.4. The van der Waals surface area contributed by atoms with Crippen LogP contribution in [0.2, 0.25) is 0 Å². The maximum Gasteiger partial charge on any atom is 0.416 e. The fraction of sp³-hybridized carbons (Fsp3) is 0.483. The molecule has 1 aromatic heterocycles. The predicted molar refractivity (Wildman–Crippen MR) is 137 cm³/mol. The summed E-state index contributed by atoms with van der Waals surface area (Å²) in [6, 6.07) is 10.7. The quantitative estimate of drug-likeness (QED) is 0.475. The van der Waals surface area contributed by atoms with E-state index in [4.69, 9.17) is 4.74 Å². The molecule has 0 spiro atoms. The molecule has 0 bridgehead atoms. The summed E-state index contributed by atoms with van der Waals surface area (Å²) < 4.78 is 49.9. The molecule has 1 amide bonds. The van der Waals surface area contributed by atoms with Crippen LogP contribution >= 0.6 is 0 Å². The van der Waals surface area contributed by atoms with E-state index in [1.807, 2.05) is 29.8 Å². The molecule has 204 valence electrons. The predicted octanol–water partition coefficient (Wildman–Crippen LogP) is 4.66. The van der Waals surface area contributed by atoms with Crippen LogP contribution in [0.5, 0.6) is 0 Å². The average Bonchev–Trinajstić information content (AvgIpc) is 3.16. The van der Waals surface area contributed by atoms with Crippen LogP contribution in [0.25, 0.3) is 0 Å². The summed E-state index contributed by atoms with van der Waals surface area (Å²) in [5.41, 5.74) is 1.45. The molecule has 1 unspecified atom stereocenters. The second kappa shape index (κ2) is 9.16. The van der Waals surface area contributed by atoms with Gasteiger partial charge in [0.2, 0.25) is 0 Å². The van der Waals surface area contributed by atoms with Crippen LogP contribution in [-0.4, -0.2) is 39.9 Å². The van der Waals surface area contributed by atoms with Crippen molar-refractivity contribution in [1.82, 2.24) is 20.1 Å². The third kappa shape index (κ3) is 4.43. The van der Waals surface area contributed by atoms with E-state index in [9.17, 15) is 18.0 Å². The Kier molecular flexibility index (Phi) is 5.82. The molecule has 4 atom stereocenters. The molecular weight excluding hydrogens is 507 g/mol. The van der Waals surface area contributed by atoms with E-state index in [1.165, 1.54) is 17.4 Å². The number of halogens is 3. The largest absolute Gasteiger partial charge is 0.416 e. The number of anilines is 1. The topological polar surface area (TPSA) is 72.3 Å². The van der Waals surface area contributed by atoms with Crippen LogP contribution in [0, 0.1) is 17.8 Å². The molecule has 0 radical (unpaired) electrons. The minimum absolute atomic E-state index is 0.0426. The van der Waals surface area contributed by atoms with Crippen molar-refractivity contribution in [1.29, 1.82) is 0 Å². The smallest absolute Gasteiger partial charge is 0.381 e. The highest BCUT2D eigenvalue weighted by Gasteiger charge is 2.46. The Morgan fingerprint density at radius 3 is 2.59 bits per heavy atom. The number of nitrogens with zero attached hydrogens (tertiary/aromatic N) is 4. The lowest BCUT2D eigenvalue weighted by molar-refractivity contribution is -0.138. The van der Waals surface area contributed by atoms with Gasteiger partial charge < -0.3 is 19.5 Å². The van der Waals surface area contributed by atoms with Crippen molar-refractivity contribution in [3.05, 3.63) is 76.4 Å². The molecule has 2 aromatic carbocycles. The van der Waals surface area contributed by atoms with E-state index in [2.05, 4.69) is 15.5 Å². The van der Waals surface area contributed by atoms with Crippen molar-refractivity contribution >= 4 is 11.6 Å². The zero-order chi connectivity index (χ0) is 26.9. The van der Waals surface area contributed by atoms with Gasteiger partial charge in [0.1, 0.15) is 12.2 Å². The van der Waals surface area contributed by atoms with Gasteiger partial charge >= 0.3 is 6.18 Å². The lowest BCUT2D eigenvalue weighted by Gasteiger charge is -2.33. The van der Waals surface area contributed by atoms with Crippen molar-refractivity contribution < 1.29 is 22.7 Å². The van der Waals surface area contributed by atoms with Crippen LogP contribution in [0.1, 0.15) is 63.6 Å². The maximum atomic E-state index is 14.2. The van der Waals surface area contributed by atoms with Crippen molar-refractivity contribution in [3.63, 3.8) is 0 Å². The summed E-state index contributed by atoms with van der Waals surface area (Å²) in [5.74, 6) is 2.04. The number of fused-ring (bicyclic) bond motifs is 2. The number of hydrogen-bond acceptors (Lipinski definition) is 5. The summed E-state index contributed by atoms with van der Waals surface area (Å²) >= 11 is 0. The summed E-state index contributed by atoms with van der Waals surface area (Å²) in [6.45, 7) is 1.38. The number of aryl methyl sites for hydroxylation is 1. The molecule has 10 heteroatoms. The first kappa shape index (κ1) is 24.8. The molecule has 2 aliphatic heterocycles. The van der Waals surface area contributed by atoms with Crippen molar-refractivity contribution in [2.45, 2.75) is 50.5 Å². The van der Waals surface area contributed by atoms with Gasteiger partial charge in [-0.3, -0.25) is 4.79 Å². The van der Waals surface area contributed by atoms with Gasteiger partial charge in [-0.1, -0.05) is 12.1 Å². The molecule has 3 fully saturated rings.